The average molecular weight is 452 g/mol. The molecule has 0 bridgehead atoms. The van der Waals surface area contributed by atoms with Gasteiger partial charge in [-0.25, -0.2) is 4.98 Å². The lowest BCUT2D eigenvalue weighted by Crippen LogP contribution is -2.37. The third-order valence-corrected chi connectivity index (χ3v) is 6.03. The van der Waals surface area contributed by atoms with E-state index >= 15 is 0 Å². The molecular formula is C19H22BrN3O3S. The van der Waals surface area contributed by atoms with Crippen LogP contribution >= 0.6 is 27.3 Å². The minimum atomic E-state index is -0.225. The van der Waals surface area contributed by atoms with Gasteiger partial charge < -0.3 is 15.0 Å². The van der Waals surface area contributed by atoms with Crippen molar-refractivity contribution >= 4 is 39.1 Å². The van der Waals surface area contributed by atoms with Gasteiger partial charge in [0.2, 0.25) is 11.8 Å². The molecule has 27 heavy (non-hydrogen) atoms. The van der Waals surface area contributed by atoms with Crippen LogP contribution in [0.25, 0.3) is 0 Å². The van der Waals surface area contributed by atoms with Gasteiger partial charge in [0.1, 0.15) is 6.10 Å². The second kappa shape index (κ2) is 9.32. The molecule has 1 fully saturated rings. The van der Waals surface area contributed by atoms with E-state index < -0.39 is 0 Å². The fourth-order valence-electron chi connectivity index (χ4n) is 2.98. The summed E-state index contributed by atoms with van der Waals surface area (Å²) in [5.74, 6) is 0.183. The van der Waals surface area contributed by atoms with Crippen LogP contribution in [-0.2, 0) is 11.3 Å². The summed E-state index contributed by atoms with van der Waals surface area (Å²) in [5, 5.41) is 2.85. The van der Waals surface area contributed by atoms with E-state index in [0.29, 0.717) is 17.3 Å². The van der Waals surface area contributed by atoms with Crippen LogP contribution in [-0.4, -0.2) is 41.4 Å². The van der Waals surface area contributed by atoms with Crippen LogP contribution in [0.5, 0.6) is 5.88 Å². The Hall–Kier alpha value is -1.93. The maximum absolute atomic E-state index is 12.3. The molecular weight excluding hydrogens is 430 g/mol. The van der Waals surface area contributed by atoms with Gasteiger partial charge in [0.25, 0.3) is 5.91 Å². The zero-order valence-corrected chi connectivity index (χ0v) is 17.5. The van der Waals surface area contributed by atoms with Gasteiger partial charge in [-0.2, -0.15) is 0 Å². The molecule has 1 saturated carbocycles. The molecule has 0 unspecified atom stereocenters. The normalized spacial score (nSPS) is 14.1. The van der Waals surface area contributed by atoms with Crippen LogP contribution in [0.1, 0.15) is 40.9 Å². The fourth-order valence-corrected chi connectivity index (χ4v) is 4.36. The molecule has 0 spiro atoms. The monoisotopic (exact) mass is 451 g/mol. The number of nitrogens with one attached hydrogen (secondary N) is 1. The summed E-state index contributed by atoms with van der Waals surface area (Å²) in [7, 11) is 1.62. The highest BCUT2D eigenvalue weighted by Gasteiger charge is 2.19. The molecule has 2 aromatic rings. The topological polar surface area (TPSA) is 71.5 Å². The van der Waals surface area contributed by atoms with Gasteiger partial charge in [-0.15, -0.1) is 11.3 Å². The van der Waals surface area contributed by atoms with E-state index in [9.17, 15) is 9.59 Å². The number of carbonyl (C=O) groups is 2. The lowest BCUT2D eigenvalue weighted by Gasteiger charge is -2.17. The van der Waals surface area contributed by atoms with Crippen molar-refractivity contribution in [3.05, 3.63) is 44.7 Å². The highest BCUT2D eigenvalue weighted by molar-refractivity contribution is 9.11. The van der Waals surface area contributed by atoms with Crippen LogP contribution in [0.2, 0.25) is 0 Å². The van der Waals surface area contributed by atoms with Crippen LogP contribution in [0.15, 0.2) is 34.2 Å². The second-order valence-electron chi connectivity index (χ2n) is 6.53. The van der Waals surface area contributed by atoms with E-state index in [2.05, 4.69) is 26.2 Å². The van der Waals surface area contributed by atoms with Gasteiger partial charge in [0.05, 0.1) is 15.2 Å². The minimum Gasteiger partial charge on any atom is -0.474 e. The molecule has 1 aliphatic carbocycles. The lowest BCUT2D eigenvalue weighted by atomic mass is 10.2. The van der Waals surface area contributed by atoms with E-state index in [1.807, 2.05) is 18.2 Å². The number of hydrogen-bond acceptors (Lipinski definition) is 5. The summed E-state index contributed by atoms with van der Waals surface area (Å²) in [5.41, 5.74) is 0.842. The van der Waals surface area contributed by atoms with Crippen molar-refractivity contribution in [3.8, 4) is 5.88 Å². The fraction of sp³-hybridized carbons (Fsp3) is 0.421. The summed E-state index contributed by atoms with van der Waals surface area (Å²) in [6.07, 6.45) is 6.38. The first-order valence-corrected chi connectivity index (χ1v) is 10.5. The maximum Gasteiger partial charge on any atom is 0.264 e. The SMILES string of the molecule is CN(CC(=O)NCc1cccnc1OC1CCCC1)C(=O)c1ccc(Br)s1. The van der Waals surface area contributed by atoms with Crippen LogP contribution in [0, 0.1) is 0 Å². The molecule has 3 rings (SSSR count). The summed E-state index contributed by atoms with van der Waals surface area (Å²) < 4.78 is 6.87. The van der Waals surface area contributed by atoms with Crippen LogP contribution in [0.4, 0.5) is 0 Å². The van der Waals surface area contributed by atoms with E-state index in [1.165, 1.54) is 29.1 Å². The molecule has 0 saturated heterocycles. The Kier molecular flexibility index (Phi) is 6.84. The van der Waals surface area contributed by atoms with Gasteiger partial charge in [0, 0.05) is 25.4 Å². The largest absolute Gasteiger partial charge is 0.474 e. The Morgan fingerprint density at radius 3 is 2.81 bits per heavy atom. The zero-order chi connectivity index (χ0) is 19.2. The highest BCUT2D eigenvalue weighted by Crippen LogP contribution is 2.25. The Morgan fingerprint density at radius 1 is 1.33 bits per heavy atom. The first kappa shape index (κ1) is 19.8. The van der Waals surface area contributed by atoms with E-state index in [1.54, 1.807) is 19.3 Å². The van der Waals surface area contributed by atoms with E-state index in [0.717, 1.165) is 22.2 Å². The quantitative estimate of drug-likeness (QED) is 0.697. The first-order chi connectivity index (χ1) is 13.0. The Labute approximate surface area is 171 Å². The standard InChI is InChI=1S/C19H22BrN3O3S/c1-23(19(25)15-8-9-16(20)27-15)12-17(24)22-11-13-5-4-10-21-18(13)26-14-6-2-3-7-14/h4-5,8-10,14H,2-3,6-7,11-12H2,1H3,(H,22,24). The molecule has 0 aromatic carbocycles. The third-order valence-electron chi connectivity index (χ3n) is 4.42. The molecule has 2 aromatic heterocycles. The second-order valence-corrected chi connectivity index (χ2v) is 9.00. The smallest absolute Gasteiger partial charge is 0.264 e. The van der Waals surface area contributed by atoms with E-state index in [-0.39, 0.29) is 24.5 Å². The highest BCUT2D eigenvalue weighted by atomic mass is 79.9. The molecule has 1 aliphatic rings. The molecule has 8 heteroatoms. The number of likely N-dealkylation sites (N-methyl/N-ethyl adjacent to an activating group) is 1. The average Bonchev–Trinajstić information content (AvgIpc) is 3.32. The molecule has 2 heterocycles. The molecule has 1 N–H and O–H groups in total. The molecule has 6 nitrogen and oxygen atoms in total. The van der Waals surface area contributed by atoms with Crippen LogP contribution < -0.4 is 10.1 Å². The van der Waals surface area contributed by atoms with Crippen molar-refractivity contribution < 1.29 is 14.3 Å². The number of pyridine rings is 1. The van der Waals surface area contributed by atoms with Gasteiger partial charge in [-0.1, -0.05) is 6.07 Å². The molecule has 144 valence electrons. The number of amides is 2. The minimum absolute atomic E-state index is 0.00652. The maximum atomic E-state index is 12.3. The van der Waals surface area contributed by atoms with Crippen molar-refractivity contribution in [2.45, 2.75) is 38.3 Å². The van der Waals surface area contributed by atoms with Gasteiger partial charge in [-0.05, 0) is 59.8 Å². The predicted octanol–water partition coefficient (Wildman–Crippen LogP) is 3.62. The number of thiophene rings is 1. The number of rotatable bonds is 7. The summed E-state index contributed by atoms with van der Waals surface area (Å²) in [6.45, 7) is 0.314. The Morgan fingerprint density at radius 2 is 2.11 bits per heavy atom. The molecule has 0 radical (unpaired) electrons. The summed E-state index contributed by atoms with van der Waals surface area (Å²) in [6, 6.07) is 7.29. The third kappa shape index (κ3) is 5.52. The number of aromatic nitrogens is 1. The number of halogens is 1. The molecule has 2 amide bonds. The van der Waals surface area contributed by atoms with Gasteiger partial charge >= 0.3 is 0 Å². The first-order valence-electron chi connectivity index (χ1n) is 8.91. The molecule has 0 aliphatic heterocycles. The van der Waals surface area contributed by atoms with Crippen molar-refractivity contribution in [1.82, 2.24) is 15.2 Å². The molecule has 0 atom stereocenters. The van der Waals surface area contributed by atoms with Crippen molar-refractivity contribution in [2.75, 3.05) is 13.6 Å². The number of hydrogen-bond donors (Lipinski definition) is 1. The Bertz CT molecular complexity index is 805. The zero-order valence-electron chi connectivity index (χ0n) is 15.1. The van der Waals surface area contributed by atoms with Crippen molar-refractivity contribution in [1.29, 1.82) is 0 Å². The number of ether oxygens (including phenoxy) is 1. The van der Waals surface area contributed by atoms with Gasteiger partial charge in [-0.3, -0.25) is 9.59 Å². The lowest BCUT2D eigenvalue weighted by molar-refractivity contribution is -0.121. The number of carbonyl (C=O) groups excluding carboxylic acids is 2. The number of nitrogens with zero attached hydrogens (tertiary/aromatic N) is 2. The predicted molar refractivity (Wildman–Crippen MR) is 108 cm³/mol. The van der Waals surface area contributed by atoms with Crippen LogP contribution in [0.3, 0.4) is 0 Å². The van der Waals surface area contributed by atoms with Crippen molar-refractivity contribution in [2.24, 2.45) is 0 Å². The summed E-state index contributed by atoms with van der Waals surface area (Å²) >= 11 is 4.69. The van der Waals surface area contributed by atoms with Crippen molar-refractivity contribution in [3.63, 3.8) is 0 Å². The Balaban J connectivity index is 1.52. The van der Waals surface area contributed by atoms with Gasteiger partial charge in [0.15, 0.2) is 0 Å². The van der Waals surface area contributed by atoms with E-state index in [4.69, 9.17) is 4.74 Å². The summed E-state index contributed by atoms with van der Waals surface area (Å²) in [4.78, 5) is 30.9.